The summed E-state index contributed by atoms with van der Waals surface area (Å²) in [5.41, 5.74) is -0.0402. The molecular formula is C14H18F3NO2. The van der Waals surface area contributed by atoms with Gasteiger partial charge in [0.25, 0.3) is 0 Å². The van der Waals surface area contributed by atoms with Crippen molar-refractivity contribution in [3.8, 4) is 0 Å². The SMILES string of the molecule is COC(=O)C(CC(C)C)NCc1cc(F)c(F)cc1F. The van der Waals surface area contributed by atoms with Crippen molar-refractivity contribution in [3.05, 3.63) is 35.1 Å². The van der Waals surface area contributed by atoms with Crippen LogP contribution in [0, 0.1) is 23.4 Å². The topological polar surface area (TPSA) is 38.3 Å². The number of hydrogen-bond acceptors (Lipinski definition) is 3. The first-order chi connectivity index (χ1) is 9.35. The lowest BCUT2D eigenvalue weighted by atomic mass is 10.0. The van der Waals surface area contributed by atoms with Gasteiger partial charge < -0.3 is 10.1 Å². The number of benzene rings is 1. The minimum Gasteiger partial charge on any atom is -0.468 e. The Kier molecular flexibility index (Phi) is 6.01. The molecule has 0 aliphatic rings. The molecule has 0 radical (unpaired) electrons. The number of carbonyl (C=O) groups is 1. The molecule has 0 bridgehead atoms. The molecule has 1 aromatic rings. The Morgan fingerprint density at radius 2 is 1.80 bits per heavy atom. The van der Waals surface area contributed by atoms with Crippen molar-refractivity contribution in [3.63, 3.8) is 0 Å². The van der Waals surface area contributed by atoms with Gasteiger partial charge in [0, 0.05) is 18.2 Å². The lowest BCUT2D eigenvalue weighted by molar-refractivity contribution is -0.143. The zero-order valence-corrected chi connectivity index (χ0v) is 11.7. The predicted octanol–water partition coefficient (Wildman–Crippen LogP) is 2.78. The number of halogens is 3. The fourth-order valence-corrected chi connectivity index (χ4v) is 1.81. The third-order valence-corrected chi connectivity index (χ3v) is 2.82. The molecule has 1 aromatic carbocycles. The maximum atomic E-state index is 13.5. The molecule has 1 atom stereocenters. The molecule has 6 heteroatoms. The van der Waals surface area contributed by atoms with Crippen LogP contribution in [-0.2, 0) is 16.1 Å². The van der Waals surface area contributed by atoms with E-state index in [1.165, 1.54) is 7.11 Å². The highest BCUT2D eigenvalue weighted by Gasteiger charge is 2.20. The van der Waals surface area contributed by atoms with Crippen molar-refractivity contribution in [1.29, 1.82) is 0 Å². The van der Waals surface area contributed by atoms with Crippen molar-refractivity contribution in [2.75, 3.05) is 7.11 Å². The van der Waals surface area contributed by atoms with E-state index in [0.717, 1.165) is 6.07 Å². The molecule has 0 fully saturated rings. The standard InChI is InChI=1S/C14H18F3NO2/c1-8(2)4-13(14(19)20-3)18-7-9-5-11(16)12(17)6-10(9)15/h5-6,8,13,18H,4,7H2,1-3H3. The third kappa shape index (κ3) is 4.52. The largest absolute Gasteiger partial charge is 0.468 e. The molecule has 3 nitrogen and oxygen atoms in total. The summed E-state index contributed by atoms with van der Waals surface area (Å²) >= 11 is 0. The van der Waals surface area contributed by atoms with E-state index >= 15 is 0 Å². The van der Waals surface area contributed by atoms with Crippen LogP contribution in [0.5, 0.6) is 0 Å². The lowest BCUT2D eigenvalue weighted by Crippen LogP contribution is -2.38. The van der Waals surface area contributed by atoms with E-state index in [4.69, 9.17) is 0 Å². The second-order valence-electron chi connectivity index (χ2n) is 4.94. The molecule has 20 heavy (non-hydrogen) atoms. The molecular weight excluding hydrogens is 271 g/mol. The van der Waals surface area contributed by atoms with Crippen LogP contribution in [-0.4, -0.2) is 19.1 Å². The van der Waals surface area contributed by atoms with Gasteiger partial charge >= 0.3 is 5.97 Å². The van der Waals surface area contributed by atoms with E-state index in [-0.39, 0.29) is 18.0 Å². The highest BCUT2D eigenvalue weighted by atomic mass is 19.2. The zero-order chi connectivity index (χ0) is 15.3. The van der Waals surface area contributed by atoms with E-state index < -0.39 is 29.5 Å². The third-order valence-electron chi connectivity index (χ3n) is 2.82. The van der Waals surface area contributed by atoms with Crippen LogP contribution in [0.4, 0.5) is 13.2 Å². The summed E-state index contributed by atoms with van der Waals surface area (Å²) in [6.07, 6.45) is 0.498. The molecule has 1 rings (SSSR count). The van der Waals surface area contributed by atoms with Crippen LogP contribution in [0.1, 0.15) is 25.8 Å². The highest BCUT2D eigenvalue weighted by Crippen LogP contribution is 2.14. The van der Waals surface area contributed by atoms with Gasteiger partial charge in [-0.1, -0.05) is 13.8 Å². The van der Waals surface area contributed by atoms with Crippen LogP contribution in [0.15, 0.2) is 12.1 Å². The minimum absolute atomic E-state index is 0.0402. The Morgan fingerprint density at radius 1 is 1.20 bits per heavy atom. The lowest BCUT2D eigenvalue weighted by Gasteiger charge is -2.18. The normalized spacial score (nSPS) is 12.6. The van der Waals surface area contributed by atoms with E-state index in [1.807, 2.05) is 13.8 Å². The van der Waals surface area contributed by atoms with Crippen LogP contribution in [0.3, 0.4) is 0 Å². The van der Waals surface area contributed by atoms with Crippen molar-refractivity contribution in [2.24, 2.45) is 5.92 Å². The average Bonchev–Trinajstić information content (AvgIpc) is 2.38. The molecule has 0 saturated heterocycles. The van der Waals surface area contributed by atoms with Crippen LogP contribution < -0.4 is 5.32 Å². The quantitative estimate of drug-likeness (QED) is 0.646. The summed E-state index contributed by atoms with van der Waals surface area (Å²) in [5.74, 6) is -3.47. The summed E-state index contributed by atoms with van der Waals surface area (Å²) in [4.78, 5) is 11.6. The van der Waals surface area contributed by atoms with E-state index in [1.54, 1.807) is 0 Å². The molecule has 112 valence electrons. The fourth-order valence-electron chi connectivity index (χ4n) is 1.81. The Hall–Kier alpha value is -1.56. The number of ether oxygens (including phenoxy) is 1. The van der Waals surface area contributed by atoms with Gasteiger partial charge in [0.2, 0.25) is 0 Å². The van der Waals surface area contributed by atoms with Gasteiger partial charge in [-0.2, -0.15) is 0 Å². The average molecular weight is 289 g/mol. The smallest absolute Gasteiger partial charge is 0.322 e. The second kappa shape index (κ2) is 7.28. The molecule has 0 spiro atoms. The Morgan fingerprint density at radius 3 is 2.35 bits per heavy atom. The first-order valence-corrected chi connectivity index (χ1v) is 6.29. The van der Waals surface area contributed by atoms with E-state index in [2.05, 4.69) is 10.1 Å². The zero-order valence-electron chi connectivity index (χ0n) is 11.7. The van der Waals surface area contributed by atoms with E-state index in [9.17, 15) is 18.0 Å². The summed E-state index contributed by atoms with van der Waals surface area (Å²) < 4.78 is 44.0. The number of hydrogen-bond donors (Lipinski definition) is 1. The Labute approximate surface area is 116 Å². The van der Waals surface area contributed by atoms with Crippen LogP contribution in [0.2, 0.25) is 0 Å². The Balaban J connectivity index is 2.77. The maximum Gasteiger partial charge on any atom is 0.322 e. The molecule has 0 aliphatic carbocycles. The van der Waals surface area contributed by atoms with Crippen molar-refractivity contribution in [1.82, 2.24) is 5.32 Å². The number of carbonyl (C=O) groups excluding carboxylic acids is 1. The van der Waals surface area contributed by atoms with Gasteiger partial charge in [-0.15, -0.1) is 0 Å². The number of esters is 1. The van der Waals surface area contributed by atoms with Gasteiger partial charge in [0.1, 0.15) is 11.9 Å². The predicted molar refractivity (Wildman–Crippen MR) is 68.4 cm³/mol. The van der Waals surface area contributed by atoms with Crippen molar-refractivity contribution >= 4 is 5.97 Å². The summed E-state index contributed by atoms with van der Waals surface area (Å²) in [7, 11) is 1.26. The summed E-state index contributed by atoms with van der Waals surface area (Å²) in [5, 5.41) is 2.80. The minimum atomic E-state index is -1.24. The highest BCUT2D eigenvalue weighted by molar-refractivity contribution is 5.75. The van der Waals surface area contributed by atoms with E-state index in [0.29, 0.717) is 12.5 Å². The first kappa shape index (κ1) is 16.5. The fraction of sp³-hybridized carbons (Fsp3) is 0.500. The molecule has 0 saturated carbocycles. The van der Waals surface area contributed by atoms with Gasteiger partial charge in [0.15, 0.2) is 11.6 Å². The summed E-state index contributed by atoms with van der Waals surface area (Å²) in [6.45, 7) is 3.76. The number of nitrogens with one attached hydrogen (secondary N) is 1. The molecule has 0 amide bonds. The molecule has 0 aromatic heterocycles. The number of rotatable bonds is 6. The Bertz CT molecular complexity index is 478. The van der Waals surface area contributed by atoms with Crippen LogP contribution in [0.25, 0.3) is 0 Å². The van der Waals surface area contributed by atoms with Crippen LogP contribution >= 0.6 is 0 Å². The van der Waals surface area contributed by atoms with Gasteiger partial charge in [0.05, 0.1) is 7.11 Å². The van der Waals surface area contributed by atoms with Gasteiger partial charge in [-0.25, -0.2) is 13.2 Å². The molecule has 1 unspecified atom stereocenters. The van der Waals surface area contributed by atoms with Crippen molar-refractivity contribution in [2.45, 2.75) is 32.9 Å². The summed E-state index contributed by atoms with van der Waals surface area (Å²) in [6, 6.07) is 0.649. The first-order valence-electron chi connectivity index (χ1n) is 6.29. The van der Waals surface area contributed by atoms with Gasteiger partial charge in [-0.3, -0.25) is 4.79 Å². The second-order valence-corrected chi connectivity index (χ2v) is 4.94. The monoisotopic (exact) mass is 289 g/mol. The van der Waals surface area contributed by atoms with Crippen molar-refractivity contribution < 1.29 is 22.7 Å². The molecule has 1 N–H and O–H groups in total. The maximum absolute atomic E-state index is 13.5. The number of methoxy groups -OCH3 is 1. The van der Waals surface area contributed by atoms with Gasteiger partial charge in [-0.05, 0) is 18.4 Å². The molecule has 0 heterocycles. The molecule has 0 aliphatic heterocycles.